The molecule has 0 aliphatic carbocycles. The number of rotatable bonds is 4. The Bertz CT molecular complexity index is 585. The number of aromatic nitrogens is 1. The molecule has 2 N–H and O–H groups in total. The van der Waals surface area contributed by atoms with E-state index in [1.807, 2.05) is 0 Å². The van der Waals surface area contributed by atoms with Crippen molar-refractivity contribution < 1.29 is 14.6 Å². The highest BCUT2D eigenvalue weighted by Gasteiger charge is 2.10. The third-order valence-electron chi connectivity index (χ3n) is 2.13. The summed E-state index contributed by atoms with van der Waals surface area (Å²) in [5.74, 6) is -0.455. The van der Waals surface area contributed by atoms with Crippen molar-refractivity contribution in [3.8, 4) is 5.75 Å². The van der Waals surface area contributed by atoms with E-state index in [-0.39, 0.29) is 5.69 Å². The molecule has 5 nitrogen and oxygen atoms in total. The van der Waals surface area contributed by atoms with E-state index in [1.54, 1.807) is 25.3 Å². The number of nitrogens with one attached hydrogen (secondary N) is 1. The molecular formula is C11H9ClN2O3S. The van der Waals surface area contributed by atoms with Crippen LogP contribution in [0.4, 0.5) is 10.8 Å². The van der Waals surface area contributed by atoms with Gasteiger partial charge < -0.3 is 15.2 Å². The number of aromatic carboxylic acids is 1. The number of carboxylic acid groups (broad SMARTS) is 1. The quantitative estimate of drug-likeness (QED) is 0.902. The largest absolute Gasteiger partial charge is 0.495 e. The molecule has 0 atom stereocenters. The van der Waals surface area contributed by atoms with E-state index in [2.05, 4.69) is 10.3 Å². The Morgan fingerprint density at radius 2 is 2.33 bits per heavy atom. The van der Waals surface area contributed by atoms with Crippen molar-refractivity contribution >= 4 is 39.7 Å². The van der Waals surface area contributed by atoms with Crippen LogP contribution in [0.25, 0.3) is 0 Å². The monoisotopic (exact) mass is 284 g/mol. The molecule has 0 amide bonds. The van der Waals surface area contributed by atoms with E-state index in [0.29, 0.717) is 21.6 Å². The lowest BCUT2D eigenvalue weighted by molar-refractivity contribution is 0.0691. The highest BCUT2D eigenvalue weighted by atomic mass is 35.5. The molecule has 1 heterocycles. The van der Waals surface area contributed by atoms with E-state index in [0.717, 1.165) is 0 Å². The number of thiazole rings is 1. The molecule has 0 aliphatic rings. The number of nitrogens with zero attached hydrogens (tertiary/aromatic N) is 1. The maximum absolute atomic E-state index is 10.7. The van der Waals surface area contributed by atoms with Crippen LogP contribution in [-0.4, -0.2) is 23.2 Å². The molecule has 0 aliphatic heterocycles. The average molecular weight is 285 g/mol. The van der Waals surface area contributed by atoms with E-state index in [4.69, 9.17) is 21.4 Å². The van der Waals surface area contributed by atoms with Gasteiger partial charge in [-0.3, -0.25) is 0 Å². The summed E-state index contributed by atoms with van der Waals surface area (Å²) in [6.45, 7) is 0. The van der Waals surface area contributed by atoms with E-state index < -0.39 is 5.97 Å². The summed E-state index contributed by atoms with van der Waals surface area (Å²) in [5.41, 5.74) is 0.639. The Morgan fingerprint density at radius 3 is 2.94 bits per heavy atom. The number of halogens is 1. The molecule has 18 heavy (non-hydrogen) atoms. The van der Waals surface area contributed by atoms with Gasteiger partial charge >= 0.3 is 5.97 Å². The molecule has 0 radical (unpaired) electrons. The van der Waals surface area contributed by atoms with Crippen LogP contribution in [0.5, 0.6) is 5.75 Å². The van der Waals surface area contributed by atoms with Crippen LogP contribution in [0.1, 0.15) is 10.5 Å². The lowest BCUT2D eigenvalue weighted by Gasteiger charge is -2.09. The van der Waals surface area contributed by atoms with Gasteiger partial charge in [0.05, 0.1) is 12.8 Å². The van der Waals surface area contributed by atoms with Crippen LogP contribution < -0.4 is 10.1 Å². The summed E-state index contributed by atoms with van der Waals surface area (Å²) in [6, 6.07) is 5.11. The van der Waals surface area contributed by atoms with Gasteiger partial charge in [-0.2, -0.15) is 0 Å². The number of methoxy groups -OCH3 is 1. The molecular weight excluding hydrogens is 276 g/mol. The maximum atomic E-state index is 10.7. The highest BCUT2D eigenvalue weighted by molar-refractivity contribution is 7.14. The molecule has 1 aromatic heterocycles. The maximum Gasteiger partial charge on any atom is 0.355 e. The number of hydrogen-bond donors (Lipinski definition) is 2. The fraction of sp³-hybridized carbons (Fsp3) is 0.0909. The van der Waals surface area contributed by atoms with Crippen LogP contribution in [0.2, 0.25) is 5.02 Å². The van der Waals surface area contributed by atoms with Crippen molar-refractivity contribution in [3.63, 3.8) is 0 Å². The minimum absolute atomic E-state index is 0.00324. The highest BCUT2D eigenvalue weighted by Crippen LogP contribution is 2.31. The van der Waals surface area contributed by atoms with Crippen molar-refractivity contribution in [2.75, 3.05) is 12.4 Å². The molecule has 0 fully saturated rings. The molecule has 1 aromatic carbocycles. The van der Waals surface area contributed by atoms with Gasteiger partial charge in [-0.25, -0.2) is 9.78 Å². The number of benzene rings is 1. The lowest BCUT2D eigenvalue weighted by atomic mass is 10.3. The summed E-state index contributed by atoms with van der Waals surface area (Å²) < 4.78 is 5.17. The fourth-order valence-electron chi connectivity index (χ4n) is 1.32. The number of hydrogen-bond acceptors (Lipinski definition) is 5. The van der Waals surface area contributed by atoms with Crippen LogP contribution in [0, 0.1) is 0 Å². The van der Waals surface area contributed by atoms with Crippen LogP contribution >= 0.6 is 22.9 Å². The van der Waals surface area contributed by atoms with E-state index >= 15 is 0 Å². The Morgan fingerprint density at radius 1 is 1.56 bits per heavy atom. The first kappa shape index (κ1) is 12.7. The molecule has 2 aromatic rings. The predicted molar refractivity (Wildman–Crippen MR) is 70.4 cm³/mol. The van der Waals surface area contributed by atoms with Crippen molar-refractivity contribution in [3.05, 3.63) is 34.3 Å². The standard InChI is InChI=1S/C11H9ClN2O3S/c1-17-9-3-2-6(12)4-7(9)13-11-14-8(5-18-11)10(15)16/h2-5H,1H3,(H,13,14)(H,15,16). The summed E-state index contributed by atoms with van der Waals surface area (Å²) in [4.78, 5) is 14.6. The molecule has 2 rings (SSSR count). The molecule has 94 valence electrons. The number of anilines is 2. The van der Waals surface area contributed by atoms with E-state index in [1.165, 1.54) is 16.7 Å². The van der Waals surface area contributed by atoms with Gasteiger partial charge in [-0.1, -0.05) is 11.6 Å². The zero-order valence-corrected chi connectivity index (χ0v) is 10.9. The Labute approximate surface area is 112 Å². The number of carboxylic acids is 1. The van der Waals surface area contributed by atoms with Crippen LogP contribution in [-0.2, 0) is 0 Å². The molecule has 0 saturated heterocycles. The number of carbonyl (C=O) groups is 1. The zero-order valence-electron chi connectivity index (χ0n) is 9.31. The first-order valence-corrected chi connectivity index (χ1v) is 6.15. The fourth-order valence-corrected chi connectivity index (χ4v) is 2.19. The summed E-state index contributed by atoms with van der Waals surface area (Å²) in [6.07, 6.45) is 0. The van der Waals surface area contributed by atoms with Crippen LogP contribution in [0.15, 0.2) is 23.6 Å². The normalized spacial score (nSPS) is 10.1. The second kappa shape index (κ2) is 5.24. The third kappa shape index (κ3) is 2.72. The summed E-state index contributed by atoms with van der Waals surface area (Å²) >= 11 is 7.09. The van der Waals surface area contributed by atoms with Gasteiger partial charge in [0.1, 0.15) is 5.75 Å². The van der Waals surface area contributed by atoms with Crippen molar-refractivity contribution in [1.82, 2.24) is 4.98 Å². The van der Waals surface area contributed by atoms with Crippen molar-refractivity contribution in [2.24, 2.45) is 0 Å². The second-order valence-electron chi connectivity index (χ2n) is 3.31. The topological polar surface area (TPSA) is 71.5 Å². The molecule has 0 unspecified atom stereocenters. The third-order valence-corrected chi connectivity index (χ3v) is 3.12. The Kier molecular flexibility index (Phi) is 3.69. The van der Waals surface area contributed by atoms with Gasteiger partial charge in [0.2, 0.25) is 0 Å². The zero-order chi connectivity index (χ0) is 13.1. The average Bonchev–Trinajstić information content (AvgIpc) is 2.78. The smallest absolute Gasteiger partial charge is 0.355 e. The molecule has 0 spiro atoms. The SMILES string of the molecule is COc1ccc(Cl)cc1Nc1nc(C(=O)O)cs1. The molecule has 0 saturated carbocycles. The van der Waals surface area contributed by atoms with Crippen molar-refractivity contribution in [1.29, 1.82) is 0 Å². The first-order chi connectivity index (χ1) is 8.60. The molecule has 7 heteroatoms. The van der Waals surface area contributed by atoms with Gasteiger partial charge in [-0.05, 0) is 18.2 Å². The minimum atomic E-state index is -1.06. The van der Waals surface area contributed by atoms with Gasteiger partial charge in [0.25, 0.3) is 0 Å². The second-order valence-corrected chi connectivity index (χ2v) is 4.61. The minimum Gasteiger partial charge on any atom is -0.495 e. The Hall–Kier alpha value is -1.79. The summed E-state index contributed by atoms with van der Waals surface area (Å²) in [7, 11) is 1.54. The van der Waals surface area contributed by atoms with Crippen LogP contribution in [0.3, 0.4) is 0 Å². The summed E-state index contributed by atoms with van der Waals surface area (Å²) in [5, 5.41) is 14.2. The lowest BCUT2D eigenvalue weighted by Crippen LogP contribution is -1.98. The van der Waals surface area contributed by atoms with Crippen molar-refractivity contribution in [2.45, 2.75) is 0 Å². The van der Waals surface area contributed by atoms with Gasteiger partial charge in [0, 0.05) is 10.4 Å². The Balaban J connectivity index is 2.27. The van der Waals surface area contributed by atoms with Gasteiger partial charge in [-0.15, -0.1) is 11.3 Å². The predicted octanol–water partition coefficient (Wildman–Crippen LogP) is 3.25. The van der Waals surface area contributed by atoms with Gasteiger partial charge in [0.15, 0.2) is 10.8 Å². The first-order valence-electron chi connectivity index (χ1n) is 4.89. The van der Waals surface area contributed by atoms with E-state index in [9.17, 15) is 4.79 Å². The number of ether oxygens (including phenoxy) is 1. The molecule has 0 bridgehead atoms.